The third-order valence-corrected chi connectivity index (χ3v) is 4.06. The van der Waals surface area contributed by atoms with Crippen molar-refractivity contribution in [1.29, 1.82) is 0 Å². The minimum Gasteiger partial charge on any atom is -0.496 e. The summed E-state index contributed by atoms with van der Waals surface area (Å²) in [6.45, 7) is 4.98. The molecule has 2 rings (SSSR count). The fourth-order valence-electron chi connectivity index (χ4n) is 1.63. The van der Waals surface area contributed by atoms with Crippen LogP contribution in [0.2, 0.25) is 0 Å². The molecule has 1 heterocycles. The summed E-state index contributed by atoms with van der Waals surface area (Å²) in [5, 5.41) is 0.861. The third kappa shape index (κ3) is 3.35. The Balaban J connectivity index is 2.08. The number of aliphatic imine (C=N–C) groups is 2. The van der Waals surface area contributed by atoms with E-state index in [1.807, 2.05) is 30.5 Å². The lowest BCUT2D eigenvalue weighted by Crippen LogP contribution is -2.21. The number of methoxy groups -OCH3 is 1. The maximum atomic E-state index is 5.30. The van der Waals surface area contributed by atoms with E-state index in [0.717, 1.165) is 22.2 Å². The zero-order valence-corrected chi connectivity index (χ0v) is 11.8. The van der Waals surface area contributed by atoms with Crippen molar-refractivity contribution in [2.75, 3.05) is 12.9 Å². The van der Waals surface area contributed by atoms with E-state index < -0.39 is 0 Å². The summed E-state index contributed by atoms with van der Waals surface area (Å²) in [6.07, 6.45) is 1.99. The summed E-state index contributed by atoms with van der Waals surface area (Å²) in [4.78, 5) is 8.93. The maximum Gasteiger partial charge on any atom is 0.182 e. The van der Waals surface area contributed by atoms with Crippen molar-refractivity contribution in [3.8, 4) is 5.75 Å². The van der Waals surface area contributed by atoms with E-state index >= 15 is 0 Å². The van der Waals surface area contributed by atoms with Crippen molar-refractivity contribution in [2.24, 2.45) is 15.4 Å². The van der Waals surface area contributed by atoms with E-state index in [4.69, 9.17) is 4.74 Å². The zero-order chi connectivity index (χ0) is 13.0. The van der Waals surface area contributed by atoms with Crippen molar-refractivity contribution >= 4 is 23.1 Å². The molecule has 18 heavy (non-hydrogen) atoms. The molecule has 0 saturated carbocycles. The Labute approximate surface area is 112 Å². The van der Waals surface area contributed by atoms with Gasteiger partial charge in [0.25, 0.3) is 0 Å². The number of ether oxygens (including phenoxy) is 1. The van der Waals surface area contributed by atoms with Crippen molar-refractivity contribution < 1.29 is 4.74 Å². The predicted octanol–water partition coefficient (Wildman–Crippen LogP) is 3.40. The zero-order valence-electron chi connectivity index (χ0n) is 11.0. The molecular weight excluding hydrogens is 244 g/mol. The number of hydrogen-bond acceptors (Lipinski definition) is 3. The number of nitrogens with zero attached hydrogens (tertiary/aromatic N) is 2. The Bertz CT molecular complexity index is 480. The Hall–Kier alpha value is -1.29. The van der Waals surface area contributed by atoms with E-state index in [0.29, 0.717) is 6.54 Å². The van der Waals surface area contributed by atoms with Crippen LogP contribution in [0.25, 0.3) is 0 Å². The summed E-state index contributed by atoms with van der Waals surface area (Å²) in [5.41, 5.74) is 1.27. The highest BCUT2D eigenvalue weighted by atomic mass is 32.2. The monoisotopic (exact) mass is 262 g/mol. The molecular formula is C14H18N2OS. The second-order valence-corrected chi connectivity index (χ2v) is 5.89. The number of amidine groups is 1. The van der Waals surface area contributed by atoms with Crippen LogP contribution in [-0.2, 0) is 6.54 Å². The first kappa shape index (κ1) is 13.1. The van der Waals surface area contributed by atoms with Gasteiger partial charge in [0.15, 0.2) is 5.17 Å². The summed E-state index contributed by atoms with van der Waals surface area (Å²) in [5.74, 6) is 1.91. The number of rotatable bonds is 3. The SMILES string of the molecule is COc1ccccc1C/N=C1\N=CC(C)(C)CS1. The van der Waals surface area contributed by atoms with Gasteiger partial charge < -0.3 is 4.74 Å². The molecule has 0 aliphatic carbocycles. The van der Waals surface area contributed by atoms with Crippen molar-refractivity contribution in [1.82, 2.24) is 0 Å². The van der Waals surface area contributed by atoms with E-state index in [-0.39, 0.29) is 5.41 Å². The third-order valence-electron chi connectivity index (χ3n) is 2.67. The molecule has 0 fully saturated rings. The van der Waals surface area contributed by atoms with Crippen LogP contribution in [0.1, 0.15) is 19.4 Å². The van der Waals surface area contributed by atoms with Crippen molar-refractivity contribution in [3.05, 3.63) is 29.8 Å². The van der Waals surface area contributed by atoms with Gasteiger partial charge in [0, 0.05) is 22.9 Å². The van der Waals surface area contributed by atoms with E-state index in [9.17, 15) is 0 Å². The molecule has 0 bridgehead atoms. The van der Waals surface area contributed by atoms with Gasteiger partial charge in [0.1, 0.15) is 5.75 Å². The highest BCUT2D eigenvalue weighted by Crippen LogP contribution is 2.26. The average molecular weight is 262 g/mol. The number of hydrogen-bond donors (Lipinski definition) is 0. The van der Waals surface area contributed by atoms with Gasteiger partial charge in [0.2, 0.25) is 0 Å². The lowest BCUT2D eigenvalue weighted by molar-refractivity contribution is 0.410. The van der Waals surface area contributed by atoms with Gasteiger partial charge >= 0.3 is 0 Å². The van der Waals surface area contributed by atoms with E-state index in [1.54, 1.807) is 18.9 Å². The van der Waals surface area contributed by atoms with Crippen LogP contribution in [0.15, 0.2) is 34.3 Å². The molecule has 1 aromatic carbocycles. The molecule has 0 spiro atoms. The van der Waals surface area contributed by atoms with Crippen molar-refractivity contribution in [3.63, 3.8) is 0 Å². The average Bonchev–Trinajstić information content (AvgIpc) is 2.38. The molecule has 1 aliphatic rings. The van der Waals surface area contributed by atoms with Gasteiger partial charge in [-0.1, -0.05) is 43.8 Å². The van der Waals surface area contributed by atoms with Gasteiger partial charge in [-0.2, -0.15) is 0 Å². The van der Waals surface area contributed by atoms with Crippen LogP contribution in [0.4, 0.5) is 0 Å². The van der Waals surface area contributed by atoms with Gasteiger partial charge in [-0.15, -0.1) is 0 Å². The molecule has 0 saturated heterocycles. The molecule has 1 aromatic rings. The lowest BCUT2D eigenvalue weighted by atomic mass is 9.99. The Kier molecular flexibility index (Phi) is 4.07. The quantitative estimate of drug-likeness (QED) is 0.836. The fraction of sp³-hybridized carbons (Fsp3) is 0.429. The highest BCUT2D eigenvalue weighted by molar-refractivity contribution is 8.14. The molecule has 0 unspecified atom stereocenters. The van der Waals surface area contributed by atoms with Crippen molar-refractivity contribution in [2.45, 2.75) is 20.4 Å². The van der Waals surface area contributed by atoms with Gasteiger partial charge in [-0.3, -0.25) is 4.99 Å². The van der Waals surface area contributed by atoms with Gasteiger partial charge in [-0.05, 0) is 6.07 Å². The Morgan fingerprint density at radius 2 is 2.17 bits per heavy atom. The molecule has 4 heteroatoms. The lowest BCUT2D eigenvalue weighted by Gasteiger charge is -2.22. The van der Waals surface area contributed by atoms with Gasteiger partial charge in [0.05, 0.1) is 13.7 Å². The second kappa shape index (κ2) is 5.57. The standard InChI is InChI=1S/C14H18N2OS/c1-14(2)9-16-13(18-10-14)15-8-11-6-4-5-7-12(11)17-3/h4-7,9H,8,10H2,1-3H3/b15-13+. The normalized spacial score (nSPS) is 20.1. The van der Waals surface area contributed by atoms with Crippen LogP contribution < -0.4 is 4.74 Å². The first-order valence-electron chi connectivity index (χ1n) is 5.95. The molecule has 0 N–H and O–H groups in total. The molecule has 0 amide bonds. The smallest absolute Gasteiger partial charge is 0.182 e. The summed E-state index contributed by atoms with van der Waals surface area (Å²) < 4.78 is 5.30. The van der Waals surface area contributed by atoms with Gasteiger partial charge in [-0.25, -0.2) is 4.99 Å². The molecule has 1 aliphatic heterocycles. The fourth-order valence-corrected chi connectivity index (χ4v) is 2.49. The van der Waals surface area contributed by atoms with Crippen LogP contribution in [0, 0.1) is 5.41 Å². The molecule has 0 aromatic heterocycles. The molecule has 0 atom stereocenters. The number of benzene rings is 1. The summed E-state index contributed by atoms with van der Waals surface area (Å²) in [7, 11) is 1.68. The summed E-state index contributed by atoms with van der Waals surface area (Å²) >= 11 is 1.71. The minimum absolute atomic E-state index is 0.175. The topological polar surface area (TPSA) is 34.0 Å². The first-order chi connectivity index (χ1) is 8.61. The Morgan fingerprint density at radius 3 is 2.83 bits per heavy atom. The molecule has 3 nitrogen and oxygen atoms in total. The predicted molar refractivity (Wildman–Crippen MR) is 78.9 cm³/mol. The maximum absolute atomic E-state index is 5.30. The van der Waals surface area contributed by atoms with Crippen LogP contribution >= 0.6 is 11.8 Å². The summed E-state index contributed by atoms with van der Waals surface area (Å²) in [6, 6.07) is 7.95. The number of para-hydroxylation sites is 1. The highest BCUT2D eigenvalue weighted by Gasteiger charge is 2.20. The first-order valence-corrected chi connectivity index (χ1v) is 6.94. The second-order valence-electron chi connectivity index (χ2n) is 4.95. The van der Waals surface area contributed by atoms with Crippen LogP contribution in [-0.4, -0.2) is 24.2 Å². The minimum atomic E-state index is 0.175. The van der Waals surface area contributed by atoms with E-state index in [2.05, 4.69) is 23.8 Å². The van der Waals surface area contributed by atoms with Crippen LogP contribution in [0.3, 0.4) is 0 Å². The van der Waals surface area contributed by atoms with E-state index in [1.165, 1.54) is 0 Å². The number of thioether (sulfide) groups is 1. The van der Waals surface area contributed by atoms with Crippen LogP contribution in [0.5, 0.6) is 5.75 Å². The molecule has 0 radical (unpaired) electrons. The largest absolute Gasteiger partial charge is 0.496 e. The Morgan fingerprint density at radius 1 is 1.39 bits per heavy atom. The molecule has 96 valence electrons.